The van der Waals surface area contributed by atoms with Crippen molar-refractivity contribution in [3.05, 3.63) is 28.6 Å². The van der Waals surface area contributed by atoms with Gasteiger partial charge in [0.15, 0.2) is 12.0 Å². The summed E-state index contributed by atoms with van der Waals surface area (Å²) in [7, 11) is 0. The Morgan fingerprint density at radius 2 is 2.31 bits per heavy atom. The number of halogens is 1. The van der Waals surface area contributed by atoms with E-state index in [-0.39, 0.29) is 5.56 Å². The molecule has 0 radical (unpaired) electrons. The molecule has 0 aliphatic rings. The fourth-order valence-corrected chi connectivity index (χ4v) is 1.54. The lowest BCUT2D eigenvalue weighted by atomic mass is 10.2. The molecule has 0 atom stereocenters. The van der Waals surface area contributed by atoms with Crippen LogP contribution in [0.2, 0.25) is 0 Å². The van der Waals surface area contributed by atoms with Crippen molar-refractivity contribution in [2.45, 2.75) is 0 Å². The summed E-state index contributed by atoms with van der Waals surface area (Å²) in [5.41, 5.74) is 1.28. The second kappa shape index (κ2) is 2.85. The molecule has 5 heteroatoms. The van der Waals surface area contributed by atoms with Gasteiger partial charge in [0.25, 0.3) is 0 Å². The lowest BCUT2D eigenvalue weighted by Crippen LogP contribution is -1.96. The highest BCUT2D eigenvalue weighted by Crippen LogP contribution is 2.23. The molecule has 1 N–H and O–H groups in total. The minimum Gasteiger partial charge on any atom is -0.478 e. The van der Waals surface area contributed by atoms with Crippen molar-refractivity contribution in [3.63, 3.8) is 0 Å². The van der Waals surface area contributed by atoms with Crippen LogP contribution in [-0.2, 0) is 0 Å². The number of hydrogen-bond donors (Lipinski definition) is 1. The van der Waals surface area contributed by atoms with Gasteiger partial charge < -0.3 is 9.52 Å². The second-order valence-corrected chi connectivity index (χ2v) is 3.31. The monoisotopic (exact) mass is 241 g/mol. The van der Waals surface area contributed by atoms with Crippen LogP contribution in [-0.4, -0.2) is 16.1 Å². The molecule has 1 heterocycles. The number of nitrogens with zero attached hydrogens (tertiary/aromatic N) is 1. The molecule has 0 fully saturated rings. The zero-order chi connectivity index (χ0) is 9.42. The van der Waals surface area contributed by atoms with Crippen LogP contribution in [0.3, 0.4) is 0 Å². The molecule has 0 spiro atoms. The lowest BCUT2D eigenvalue weighted by Gasteiger charge is -1.96. The number of benzene rings is 1. The molecule has 0 unspecified atom stereocenters. The van der Waals surface area contributed by atoms with Crippen LogP contribution in [0.4, 0.5) is 0 Å². The highest BCUT2D eigenvalue weighted by atomic mass is 79.9. The van der Waals surface area contributed by atoms with Gasteiger partial charge in [-0.3, -0.25) is 0 Å². The van der Waals surface area contributed by atoms with Gasteiger partial charge in [0, 0.05) is 4.47 Å². The van der Waals surface area contributed by atoms with Crippen LogP contribution >= 0.6 is 15.9 Å². The van der Waals surface area contributed by atoms with Gasteiger partial charge >= 0.3 is 5.97 Å². The van der Waals surface area contributed by atoms with Crippen molar-refractivity contribution in [3.8, 4) is 0 Å². The molecule has 2 rings (SSSR count). The molecule has 2 aromatic rings. The van der Waals surface area contributed by atoms with Gasteiger partial charge in [-0.05, 0) is 28.1 Å². The van der Waals surface area contributed by atoms with E-state index in [9.17, 15) is 4.79 Å². The van der Waals surface area contributed by atoms with E-state index in [0.29, 0.717) is 15.6 Å². The minimum absolute atomic E-state index is 0.171. The molecule has 0 aliphatic heterocycles. The van der Waals surface area contributed by atoms with Gasteiger partial charge in [-0.15, -0.1) is 0 Å². The molecule has 1 aromatic heterocycles. The van der Waals surface area contributed by atoms with Crippen LogP contribution in [0.15, 0.2) is 27.4 Å². The molecule has 66 valence electrons. The summed E-state index contributed by atoms with van der Waals surface area (Å²) in [5, 5.41) is 8.77. The molecule has 4 nitrogen and oxygen atoms in total. The van der Waals surface area contributed by atoms with Gasteiger partial charge in [0.1, 0.15) is 5.52 Å². The highest BCUT2D eigenvalue weighted by molar-refractivity contribution is 9.10. The predicted molar refractivity (Wildman–Crippen MR) is 48.7 cm³/mol. The molecule has 13 heavy (non-hydrogen) atoms. The summed E-state index contributed by atoms with van der Waals surface area (Å²) < 4.78 is 5.47. The first-order chi connectivity index (χ1) is 6.18. The Hall–Kier alpha value is -1.36. The van der Waals surface area contributed by atoms with Gasteiger partial charge in [-0.25, -0.2) is 9.78 Å². The molecule has 1 aromatic carbocycles. The first-order valence-corrected chi connectivity index (χ1v) is 4.24. The highest BCUT2D eigenvalue weighted by Gasteiger charge is 2.11. The molecule has 0 saturated carbocycles. The Balaban J connectivity index is 2.76. The zero-order valence-electron chi connectivity index (χ0n) is 6.32. The largest absolute Gasteiger partial charge is 0.478 e. The summed E-state index contributed by atoms with van der Waals surface area (Å²) >= 11 is 3.14. The van der Waals surface area contributed by atoms with E-state index in [1.807, 2.05) is 0 Å². The Kier molecular flexibility index (Phi) is 1.81. The van der Waals surface area contributed by atoms with E-state index >= 15 is 0 Å². The van der Waals surface area contributed by atoms with E-state index < -0.39 is 5.97 Å². The van der Waals surface area contributed by atoms with Crippen molar-refractivity contribution >= 4 is 33.0 Å². The van der Waals surface area contributed by atoms with Crippen LogP contribution < -0.4 is 0 Å². The van der Waals surface area contributed by atoms with Crippen molar-refractivity contribution in [2.24, 2.45) is 0 Å². The fraction of sp³-hybridized carbons (Fsp3) is 0. The minimum atomic E-state index is -0.995. The summed E-state index contributed by atoms with van der Waals surface area (Å²) in [5.74, 6) is -0.995. The fourth-order valence-electron chi connectivity index (χ4n) is 1.04. The standard InChI is InChI=1S/C8H4BrNO3/c9-5-2-6-7(13-3-10-6)1-4(5)8(11)12/h1-3H,(H,11,12). The number of fused-ring (bicyclic) bond motifs is 1. The van der Waals surface area contributed by atoms with Crippen LogP contribution in [0.5, 0.6) is 0 Å². The summed E-state index contributed by atoms with van der Waals surface area (Å²) in [6, 6.07) is 3.05. The van der Waals surface area contributed by atoms with Gasteiger partial charge in [-0.1, -0.05) is 0 Å². The maximum absolute atomic E-state index is 10.7. The number of carbonyl (C=O) groups is 1. The number of oxazole rings is 1. The first-order valence-electron chi connectivity index (χ1n) is 3.44. The van der Waals surface area contributed by atoms with E-state index in [4.69, 9.17) is 9.52 Å². The number of carboxylic acids is 1. The maximum Gasteiger partial charge on any atom is 0.336 e. The number of aromatic carboxylic acids is 1. The van der Waals surface area contributed by atoms with Crippen molar-refractivity contribution in [1.29, 1.82) is 0 Å². The first kappa shape index (κ1) is 8.25. The van der Waals surface area contributed by atoms with E-state index in [1.165, 1.54) is 12.5 Å². The van der Waals surface area contributed by atoms with Crippen LogP contribution in [0.25, 0.3) is 11.1 Å². The summed E-state index contributed by atoms with van der Waals surface area (Å²) in [4.78, 5) is 14.6. The molecule has 0 bridgehead atoms. The Morgan fingerprint density at radius 1 is 1.54 bits per heavy atom. The maximum atomic E-state index is 10.7. The smallest absolute Gasteiger partial charge is 0.336 e. The van der Waals surface area contributed by atoms with Gasteiger partial charge in [0.2, 0.25) is 0 Å². The van der Waals surface area contributed by atoms with E-state index in [2.05, 4.69) is 20.9 Å². The Morgan fingerprint density at radius 3 is 3.00 bits per heavy atom. The van der Waals surface area contributed by atoms with Crippen molar-refractivity contribution < 1.29 is 14.3 Å². The number of aromatic nitrogens is 1. The number of rotatable bonds is 1. The van der Waals surface area contributed by atoms with Crippen LogP contribution in [0.1, 0.15) is 10.4 Å². The third-order valence-electron chi connectivity index (χ3n) is 1.65. The SMILES string of the molecule is O=C(O)c1cc2ocnc2cc1Br. The normalized spacial score (nSPS) is 10.5. The molecular formula is C8H4BrNO3. The van der Waals surface area contributed by atoms with E-state index in [1.54, 1.807) is 6.07 Å². The summed E-state index contributed by atoms with van der Waals surface area (Å²) in [6.45, 7) is 0. The topological polar surface area (TPSA) is 63.3 Å². The van der Waals surface area contributed by atoms with E-state index in [0.717, 1.165) is 0 Å². The Labute approximate surface area is 81.3 Å². The van der Waals surface area contributed by atoms with Crippen molar-refractivity contribution in [2.75, 3.05) is 0 Å². The third kappa shape index (κ3) is 1.31. The van der Waals surface area contributed by atoms with Crippen molar-refractivity contribution in [1.82, 2.24) is 4.98 Å². The molecular weight excluding hydrogens is 238 g/mol. The molecule has 0 aliphatic carbocycles. The number of hydrogen-bond acceptors (Lipinski definition) is 3. The summed E-state index contributed by atoms with van der Waals surface area (Å²) in [6.07, 6.45) is 1.28. The third-order valence-corrected chi connectivity index (χ3v) is 2.31. The quantitative estimate of drug-likeness (QED) is 0.833. The Bertz CT molecular complexity index is 477. The predicted octanol–water partition coefficient (Wildman–Crippen LogP) is 2.29. The van der Waals surface area contributed by atoms with Gasteiger partial charge in [0.05, 0.1) is 5.56 Å². The molecule has 0 amide bonds. The second-order valence-electron chi connectivity index (χ2n) is 2.46. The average Bonchev–Trinajstić information content (AvgIpc) is 2.48. The average molecular weight is 242 g/mol. The zero-order valence-corrected chi connectivity index (χ0v) is 7.91. The number of carboxylic acid groups (broad SMARTS) is 1. The van der Waals surface area contributed by atoms with Crippen LogP contribution in [0, 0.1) is 0 Å². The molecule has 0 saturated heterocycles. The lowest BCUT2D eigenvalue weighted by molar-refractivity contribution is 0.0696. The van der Waals surface area contributed by atoms with Gasteiger partial charge in [-0.2, -0.15) is 0 Å².